The minimum atomic E-state index is -2.93. The molecule has 1 saturated heterocycles. The zero-order valence-electron chi connectivity index (χ0n) is 11.5. The fourth-order valence-corrected chi connectivity index (χ4v) is 2.95. The summed E-state index contributed by atoms with van der Waals surface area (Å²) in [5, 5.41) is 0. The van der Waals surface area contributed by atoms with E-state index in [1.807, 2.05) is 25.1 Å². The Kier molecular flexibility index (Phi) is 4.60. The summed E-state index contributed by atoms with van der Waals surface area (Å²) in [4.78, 5) is 2.21. The second-order valence-electron chi connectivity index (χ2n) is 5.20. The first-order valence-electron chi connectivity index (χ1n) is 6.54. The van der Waals surface area contributed by atoms with Gasteiger partial charge in [0.25, 0.3) is 0 Å². The smallest absolute Gasteiger partial charge is 0.148 e. The first-order valence-corrected chi connectivity index (χ1v) is 8.60. The third kappa shape index (κ3) is 4.30. The number of rotatable bonds is 4. The van der Waals surface area contributed by atoms with Crippen molar-refractivity contribution in [2.45, 2.75) is 19.1 Å². The second kappa shape index (κ2) is 6.03. The van der Waals surface area contributed by atoms with Crippen molar-refractivity contribution in [1.82, 2.24) is 4.90 Å². The molecule has 0 radical (unpaired) electrons. The SMILES string of the molecule is C[C@H]1CN(CCS(C)(=O)=O)[C@H](c2ccccc2)CO1. The maximum absolute atomic E-state index is 11.3. The highest BCUT2D eigenvalue weighted by Gasteiger charge is 2.28. The molecular formula is C14H21NO3S. The molecule has 0 spiro atoms. The van der Waals surface area contributed by atoms with Crippen molar-refractivity contribution in [3.05, 3.63) is 35.9 Å². The second-order valence-corrected chi connectivity index (χ2v) is 7.45. The molecule has 2 rings (SSSR count). The van der Waals surface area contributed by atoms with E-state index in [9.17, 15) is 8.42 Å². The molecule has 0 amide bonds. The van der Waals surface area contributed by atoms with Gasteiger partial charge < -0.3 is 4.74 Å². The average Bonchev–Trinajstić information content (AvgIpc) is 2.37. The maximum atomic E-state index is 11.3. The fraction of sp³-hybridized carbons (Fsp3) is 0.571. The van der Waals surface area contributed by atoms with Crippen LogP contribution in [0.1, 0.15) is 18.5 Å². The van der Waals surface area contributed by atoms with Crippen LogP contribution in [-0.4, -0.2) is 51.1 Å². The fourth-order valence-electron chi connectivity index (χ4n) is 2.38. The van der Waals surface area contributed by atoms with Crippen LogP contribution in [-0.2, 0) is 14.6 Å². The van der Waals surface area contributed by atoms with Gasteiger partial charge in [-0.25, -0.2) is 8.42 Å². The van der Waals surface area contributed by atoms with Gasteiger partial charge >= 0.3 is 0 Å². The molecule has 1 aromatic rings. The predicted molar refractivity (Wildman–Crippen MR) is 75.9 cm³/mol. The lowest BCUT2D eigenvalue weighted by atomic mass is 10.0. The number of ether oxygens (including phenoxy) is 1. The lowest BCUT2D eigenvalue weighted by molar-refractivity contribution is -0.0538. The molecule has 1 aromatic carbocycles. The van der Waals surface area contributed by atoms with Crippen LogP contribution in [0.2, 0.25) is 0 Å². The number of hydrogen-bond acceptors (Lipinski definition) is 4. The van der Waals surface area contributed by atoms with E-state index in [4.69, 9.17) is 4.74 Å². The molecule has 1 fully saturated rings. The lowest BCUT2D eigenvalue weighted by Crippen LogP contribution is -2.45. The molecule has 1 aliphatic heterocycles. The molecule has 106 valence electrons. The number of nitrogens with zero attached hydrogens (tertiary/aromatic N) is 1. The van der Waals surface area contributed by atoms with Crippen molar-refractivity contribution in [2.24, 2.45) is 0 Å². The van der Waals surface area contributed by atoms with Gasteiger partial charge in [-0.3, -0.25) is 4.90 Å². The van der Waals surface area contributed by atoms with E-state index in [0.717, 1.165) is 6.54 Å². The normalized spacial score (nSPS) is 25.4. The molecular weight excluding hydrogens is 262 g/mol. The highest BCUT2D eigenvalue weighted by Crippen LogP contribution is 2.25. The summed E-state index contributed by atoms with van der Waals surface area (Å²) in [6, 6.07) is 10.3. The van der Waals surface area contributed by atoms with Gasteiger partial charge in [0.1, 0.15) is 9.84 Å². The minimum Gasteiger partial charge on any atom is -0.375 e. The predicted octanol–water partition coefficient (Wildman–Crippen LogP) is 1.49. The van der Waals surface area contributed by atoms with E-state index in [-0.39, 0.29) is 17.9 Å². The van der Waals surface area contributed by atoms with Gasteiger partial charge in [-0.15, -0.1) is 0 Å². The van der Waals surface area contributed by atoms with Crippen LogP contribution >= 0.6 is 0 Å². The van der Waals surface area contributed by atoms with Crippen molar-refractivity contribution < 1.29 is 13.2 Å². The summed E-state index contributed by atoms with van der Waals surface area (Å²) in [5.41, 5.74) is 1.18. The van der Waals surface area contributed by atoms with E-state index in [1.54, 1.807) is 0 Å². The van der Waals surface area contributed by atoms with Crippen molar-refractivity contribution in [3.63, 3.8) is 0 Å². The molecule has 0 bridgehead atoms. The molecule has 19 heavy (non-hydrogen) atoms. The monoisotopic (exact) mass is 283 g/mol. The van der Waals surface area contributed by atoms with Crippen molar-refractivity contribution in [3.8, 4) is 0 Å². The molecule has 0 aliphatic carbocycles. The van der Waals surface area contributed by atoms with Crippen LogP contribution in [0.4, 0.5) is 0 Å². The Hall–Kier alpha value is -0.910. The zero-order chi connectivity index (χ0) is 13.9. The van der Waals surface area contributed by atoms with Gasteiger partial charge in [-0.05, 0) is 12.5 Å². The molecule has 0 saturated carbocycles. The summed E-state index contributed by atoms with van der Waals surface area (Å²) in [6.45, 7) is 3.98. The standard InChI is InChI=1S/C14H21NO3S/c1-12-10-15(8-9-19(2,16)17)14(11-18-12)13-6-4-3-5-7-13/h3-7,12,14H,8-11H2,1-2H3/t12-,14-/m0/s1. The Balaban J connectivity index is 2.11. The van der Waals surface area contributed by atoms with Crippen LogP contribution in [0, 0.1) is 0 Å². The molecule has 0 aromatic heterocycles. The number of morpholine rings is 1. The summed E-state index contributed by atoms with van der Waals surface area (Å²) < 4.78 is 28.4. The Morgan fingerprint density at radius 2 is 2.00 bits per heavy atom. The quantitative estimate of drug-likeness (QED) is 0.840. The molecule has 5 heteroatoms. The van der Waals surface area contributed by atoms with Crippen LogP contribution in [0.5, 0.6) is 0 Å². The molecule has 0 unspecified atom stereocenters. The van der Waals surface area contributed by atoms with Crippen molar-refractivity contribution >= 4 is 9.84 Å². The maximum Gasteiger partial charge on any atom is 0.148 e. The molecule has 1 heterocycles. The largest absolute Gasteiger partial charge is 0.375 e. The molecule has 2 atom stereocenters. The highest BCUT2D eigenvalue weighted by atomic mass is 32.2. The van der Waals surface area contributed by atoms with Gasteiger partial charge in [0.05, 0.1) is 24.5 Å². The average molecular weight is 283 g/mol. The first-order chi connectivity index (χ1) is 8.96. The molecule has 4 nitrogen and oxygen atoms in total. The first kappa shape index (κ1) is 14.5. The van der Waals surface area contributed by atoms with Gasteiger partial charge in [0.15, 0.2) is 0 Å². The van der Waals surface area contributed by atoms with E-state index < -0.39 is 9.84 Å². The van der Waals surface area contributed by atoms with E-state index in [2.05, 4.69) is 17.0 Å². The Labute approximate surface area is 115 Å². The van der Waals surface area contributed by atoms with Crippen molar-refractivity contribution in [2.75, 3.05) is 31.7 Å². The van der Waals surface area contributed by atoms with Crippen LogP contribution in [0.25, 0.3) is 0 Å². The summed E-state index contributed by atoms with van der Waals surface area (Å²) in [6.07, 6.45) is 1.44. The molecule has 1 aliphatic rings. The molecule has 0 N–H and O–H groups in total. The van der Waals surface area contributed by atoms with E-state index in [1.165, 1.54) is 11.8 Å². The highest BCUT2D eigenvalue weighted by molar-refractivity contribution is 7.90. The number of benzene rings is 1. The van der Waals surface area contributed by atoms with Crippen LogP contribution in [0.3, 0.4) is 0 Å². The zero-order valence-corrected chi connectivity index (χ0v) is 12.3. The minimum absolute atomic E-state index is 0.152. The number of sulfone groups is 1. The van der Waals surface area contributed by atoms with Gasteiger partial charge in [0, 0.05) is 19.3 Å². The Morgan fingerprint density at radius 1 is 1.32 bits per heavy atom. The Morgan fingerprint density at radius 3 is 2.63 bits per heavy atom. The van der Waals surface area contributed by atoms with Gasteiger partial charge in [0.2, 0.25) is 0 Å². The summed E-state index contributed by atoms with van der Waals surface area (Å²) in [5.74, 6) is 0.197. The van der Waals surface area contributed by atoms with Crippen molar-refractivity contribution in [1.29, 1.82) is 0 Å². The third-order valence-corrected chi connectivity index (χ3v) is 4.33. The van der Waals surface area contributed by atoms with Gasteiger partial charge in [-0.2, -0.15) is 0 Å². The van der Waals surface area contributed by atoms with E-state index in [0.29, 0.717) is 13.2 Å². The number of hydrogen-bond donors (Lipinski definition) is 0. The topological polar surface area (TPSA) is 46.6 Å². The van der Waals surface area contributed by atoms with Crippen LogP contribution in [0.15, 0.2) is 30.3 Å². The lowest BCUT2D eigenvalue weighted by Gasteiger charge is -2.38. The van der Waals surface area contributed by atoms with E-state index >= 15 is 0 Å². The third-order valence-electron chi connectivity index (χ3n) is 3.40. The van der Waals surface area contributed by atoms with Gasteiger partial charge in [-0.1, -0.05) is 30.3 Å². The van der Waals surface area contributed by atoms with Crippen LogP contribution < -0.4 is 0 Å². The summed E-state index contributed by atoms with van der Waals surface area (Å²) in [7, 11) is -2.93. The Bertz CT molecular complexity index is 501. The summed E-state index contributed by atoms with van der Waals surface area (Å²) >= 11 is 0.